The van der Waals surface area contributed by atoms with Crippen LogP contribution in [0.5, 0.6) is 0 Å². The van der Waals surface area contributed by atoms with Gasteiger partial charge in [-0.25, -0.2) is 0 Å². The third-order valence-corrected chi connectivity index (χ3v) is 4.35. The highest BCUT2D eigenvalue weighted by atomic mass is 79.9. The first-order valence-corrected chi connectivity index (χ1v) is 6.85. The second kappa shape index (κ2) is 4.67. The summed E-state index contributed by atoms with van der Waals surface area (Å²) in [6.45, 7) is 2.32. The maximum absolute atomic E-state index is 6.25. The molecule has 2 rings (SSSR count). The van der Waals surface area contributed by atoms with Gasteiger partial charge in [0.25, 0.3) is 0 Å². The monoisotopic (exact) mass is 301 g/mol. The first-order chi connectivity index (χ1) is 7.48. The quantitative estimate of drug-likeness (QED) is 0.872. The zero-order valence-electron chi connectivity index (χ0n) is 9.47. The van der Waals surface area contributed by atoms with Crippen LogP contribution in [0.15, 0.2) is 22.7 Å². The molecule has 16 heavy (non-hydrogen) atoms. The van der Waals surface area contributed by atoms with Gasteiger partial charge in [-0.1, -0.05) is 40.5 Å². The Kier molecular flexibility index (Phi) is 3.62. The zero-order valence-corrected chi connectivity index (χ0v) is 11.8. The number of benzene rings is 1. The highest BCUT2D eigenvalue weighted by Crippen LogP contribution is 2.41. The minimum Gasteiger partial charge on any atom is -0.328 e. The molecule has 1 aliphatic carbocycles. The fraction of sp³-hybridized carbons (Fsp3) is 0.538. The van der Waals surface area contributed by atoms with Crippen LogP contribution in [0.2, 0.25) is 5.02 Å². The van der Waals surface area contributed by atoms with Crippen molar-refractivity contribution >= 4 is 27.5 Å². The fourth-order valence-electron chi connectivity index (χ4n) is 2.66. The first kappa shape index (κ1) is 12.4. The van der Waals surface area contributed by atoms with E-state index in [1.165, 1.54) is 12.0 Å². The number of halogens is 2. The van der Waals surface area contributed by atoms with Gasteiger partial charge in [-0.15, -0.1) is 0 Å². The van der Waals surface area contributed by atoms with E-state index in [0.29, 0.717) is 11.5 Å². The van der Waals surface area contributed by atoms with E-state index in [2.05, 4.69) is 35.0 Å². The molecular weight excluding hydrogens is 286 g/mol. The molecule has 0 bridgehead atoms. The van der Waals surface area contributed by atoms with Crippen LogP contribution in [0, 0.1) is 5.41 Å². The van der Waals surface area contributed by atoms with E-state index < -0.39 is 0 Å². The predicted molar refractivity (Wildman–Crippen MR) is 72.8 cm³/mol. The van der Waals surface area contributed by atoms with Gasteiger partial charge in [-0.3, -0.25) is 0 Å². The highest BCUT2D eigenvalue weighted by Gasteiger charge is 2.33. The van der Waals surface area contributed by atoms with E-state index in [-0.39, 0.29) is 0 Å². The molecule has 0 saturated heterocycles. The summed E-state index contributed by atoms with van der Waals surface area (Å²) in [6.07, 6.45) is 4.50. The zero-order chi connectivity index (χ0) is 11.8. The van der Waals surface area contributed by atoms with Gasteiger partial charge in [0.05, 0.1) is 0 Å². The van der Waals surface area contributed by atoms with Crippen molar-refractivity contribution in [3.8, 4) is 0 Å². The van der Waals surface area contributed by atoms with Crippen LogP contribution < -0.4 is 5.73 Å². The number of rotatable bonds is 2. The number of hydrogen-bond donors (Lipinski definition) is 1. The van der Waals surface area contributed by atoms with Crippen molar-refractivity contribution in [2.24, 2.45) is 11.1 Å². The van der Waals surface area contributed by atoms with Gasteiger partial charge in [0.2, 0.25) is 0 Å². The Morgan fingerprint density at radius 3 is 2.88 bits per heavy atom. The van der Waals surface area contributed by atoms with Gasteiger partial charge in [-0.2, -0.15) is 0 Å². The van der Waals surface area contributed by atoms with Crippen molar-refractivity contribution in [1.82, 2.24) is 0 Å². The minimum absolute atomic E-state index is 0.330. The molecule has 0 radical (unpaired) electrons. The summed E-state index contributed by atoms with van der Waals surface area (Å²) in [5.41, 5.74) is 7.55. The molecule has 2 unspecified atom stereocenters. The summed E-state index contributed by atoms with van der Waals surface area (Å²) in [4.78, 5) is 0. The Morgan fingerprint density at radius 1 is 1.56 bits per heavy atom. The molecule has 1 fully saturated rings. The summed E-state index contributed by atoms with van der Waals surface area (Å²) in [5, 5.41) is 0.857. The highest BCUT2D eigenvalue weighted by molar-refractivity contribution is 9.10. The standard InChI is InChI=1S/C13H17BrClN/c1-13(5-4-11(16)8-13)7-9-2-3-10(14)6-12(9)15/h2-3,6,11H,4-5,7-8,16H2,1H3. The van der Waals surface area contributed by atoms with Crippen LogP contribution in [0.25, 0.3) is 0 Å². The molecule has 0 spiro atoms. The van der Waals surface area contributed by atoms with E-state index in [1.54, 1.807) is 0 Å². The summed E-state index contributed by atoms with van der Waals surface area (Å²) < 4.78 is 1.04. The Morgan fingerprint density at radius 2 is 2.31 bits per heavy atom. The lowest BCUT2D eigenvalue weighted by Gasteiger charge is -2.24. The summed E-state index contributed by atoms with van der Waals surface area (Å²) in [5.74, 6) is 0. The average molecular weight is 303 g/mol. The van der Waals surface area contributed by atoms with Crippen molar-refractivity contribution < 1.29 is 0 Å². The molecule has 1 aromatic rings. The molecule has 0 aliphatic heterocycles. The van der Waals surface area contributed by atoms with Crippen LogP contribution in [-0.2, 0) is 6.42 Å². The normalized spacial score (nSPS) is 29.6. The van der Waals surface area contributed by atoms with Gasteiger partial charge in [0.1, 0.15) is 0 Å². The lowest BCUT2D eigenvalue weighted by Crippen LogP contribution is -2.21. The van der Waals surface area contributed by atoms with Gasteiger partial charge in [0, 0.05) is 15.5 Å². The maximum atomic E-state index is 6.25. The van der Waals surface area contributed by atoms with Crippen LogP contribution >= 0.6 is 27.5 Å². The Hall–Kier alpha value is -0.0500. The second-order valence-corrected chi connectivity index (χ2v) is 6.55. The van der Waals surface area contributed by atoms with E-state index >= 15 is 0 Å². The third-order valence-electron chi connectivity index (χ3n) is 3.51. The summed E-state index contributed by atoms with van der Waals surface area (Å²) in [7, 11) is 0. The number of hydrogen-bond acceptors (Lipinski definition) is 1. The van der Waals surface area contributed by atoms with Crippen molar-refractivity contribution in [2.75, 3.05) is 0 Å². The summed E-state index contributed by atoms with van der Waals surface area (Å²) in [6, 6.07) is 6.51. The molecule has 0 heterocycles. The van der Waals surface area contributed by atoms with E-state index in [9.17, 15) is 0 Å². The van der Waals surface area contributed by atoms with Gasteiger partial charge < -0.3 is 5.73 Å². The van der Waals surface area contributed by atoms with Crippen molar-refractivity contribution in [3.05, 3.63) is 33.3 Å². The molecule has 1 saturated carbocycles. The van der Waals surface area contributed by atoms with E-state index in [1.807, 2.05) is 6.07 Å². The molecule has 3 heteroatoms. The van der Waals surface area contributed by atoms with Crippen molar-refractivity contribution in [1.29, 1.82) is 0 Å². The fourth-order valence-corrected chi connectivity index (χ4v) is 3.40. The topological polar surface area (TPSA) is 26.0 Å². The molecule has 1 aromatic carbocycles. The van der Waals surface area contributed by atoms with Gasteiger partial charge in [0.15, 0.2) is 0 Å². The van der Waals surface area contributed by atoms with Crippen molar-refractivity contribution in [2.45, 2.75) is 38.6 Å². The SMILES string of the molecule is CC1(Cc2ccc(Br)cc2Cl)CCC(N)C1. The largest absolute Gasteiger partial charge is 0.328 e. The van der Waals surface area contributed by atoms with Crippen molar-refractivity contribution in [3.63, 3.8) is 0 Å². The average Bonchev–Trinajstić information content (AvgIpc) is 2.52. The molecule has 1 aliphatic rings. The maximum Gasteiger partial charge on any atom is 0.0449 e. The molecule has 2 atom stereocenters. The third kappa shape index (κ3) is 2.79. The summed E-state index contributed by atoms with van der Waals surface area (Å²) >= 11 is 9.67. The number of nitrogens with two attached hydrogens (primary N) is 1. The van der Waals surface area contributed by atoms with Gasteiger partial charge >= 0.3 is 0 Å². The van der Waals surface area contributed by atoms with Crippen LogP contribution in [0.4, 0.5) is 0 Å². The molecule has 0 amide bonds. The van der Waals surface area contributed by atoms with Crippen LogP contribution in [-0.4, -0.2) is 6.04 Å². The first-order valence-electron chi connectivity index (χ1n) is 5.68. The Labute approximate surface area is 110 Å². The second-order valence-electron chi connectivity index (χ2n) is 5.23. The van der Waals surface area contributed by atoms with Crippen LogP contribution in [0.1, 0.15) is 31.7 Å². The lowest BCUT2D eigenvalue weighted by molar-refractivity contribution is 0.329. The minimum atomic E-state index is 0.330. The van der Waals surface area contributed by atoms with E-state index in [4.69, 9.17) is 17.3 Å². The predicted octanol–water partition coefficient (Wildman–Crippen LogP) is 4.16. The van der Waals surface area contributed by atoms with Crippen LogP contribution in [0.3, 0.4) is 0 Å². The smallest absolute Gasteiger partial charge is 0.0449 e. The Bertz CT molecular complexity index is 394. The lowest BCUT2D eigenvalue weighted by atomic mass is 9.82. The molecule has 88 valence electrons. The Balaban J connectivity index is 2.14. The molecule has 0 aromatic heterocycles. The molecule has 2 N–H and O–H groups in total. The van der Waals surface area contributed by atoms with Gasteiger partial charge in [-0.05, 0) is 48.8 Å². The van der Waals surface area contributed by atoms with E-state index in [0.717, 1.165) is 28.8 Å². The molecule has 1 nitrogen and oxygen atoms in total. The molecular formula is C13H17BrClN.